The first-order chi connectivity index (χ1) is 13.2. The first-order valence-corrected chi connectivity index (χ1v) is 8.60. The summed E-state index contributed by atoms with van der Waals surface area (Å²) in [5.41, 5.74) is 5.06. The van der Waals surface area contributed by atoms with Crippen LogP contribution in [0.25, 0.3) is 16.8 Å². The van der Waals surface area contributed by atoms with Gasteiger partial charge in [-0.05, 0) is 59.5 Å². The van der Waals surface area contributed by atoms with Crippen molar-refractivity contribution in [1.29, 1.82) is 0 Å². The summed E-state index contributed by atoms with van der Waals surface area (Å²) in [6.07, 6.45) is 8.01. The molecule has 0 atom stereocenters. The van der Waals surface area contributed by atoms with Gasteiger partial charge in [-0.2, -0.15) is 5.10 Å². The van der Waals surface area contributed by atoms with Crippen molar-refractivity contribution in [2.75, 3.05) is 7.11 Å². The summed E-state index contributed by atoms with van der Waals surface area (Å²) >= 11 is 0. The topological polar surface area (TPSA) is 39.9 Å². The van der Waals surface area contributed by atoms with Gasteiger partial charge in [0.1, 0.15) is 17.3 Å². The van der Waals surface area contributed by atoms with Crippen molar-refractivity contribution in [3.05, 3.63) is 96.3 Å². The lowest BCUT2D eigenvalue weighted by Crippen LogP contribution is -2.00. The van der Waals surface area contributed by atoms with Crippen LogP contribution in [-0.4, -0.2) is 21.9 Å². The van der Waals surface area contributed by atoms with Gasteiger partial charge in [0.05, 0.1) is 13.3 Å². The van der Waals surface area contributed by atoms with E-state index in [1.165, 1.54) is 12.1 Å². The summed E-state index contributed by atoms with van der Waals surface area (Å²) in [6.45, 7) is 0. The first-order valence-electron chi connectivity index (χ1n) is 8.60. The molecule has 0 aliphatic carbocycles. The summed E-state index contributed by atoms with van der Waals surface area (Å²) in [5.74, 6) is 0.511. The molecule has 0 saturated heterocycles. The van der Waals surface area contributed by atoms with E-state index in [4.69, 9.17) is 4.74 Å². The maximum Gasteiger partial charge on any atom is 0.144 e. The SMILES string of the molecule is COc1ccc(Cc2ccc(F)cc2)cc1-n1cc(-c2ccncc2)cn1. The maximum absolute atomic E-state index is 13.1. The molecule has 2 aromatic heterocycles. The molecule has 0 radical (unpaired) electrons. The summed E-state index contributed by atoms with van der Waals surface area (Å²) < 4.78 is 20.4. The van der Waals surface area contributed by atoms with Crippen LogP contribution >= 0.6 is 0 Å². The number of hydrogen-bond acceptors (Lipinski definition) is 3. The molecule has 5 heteroatoms. The number of rotatable bonds is 5. The summed E-state index contributed by atoms with van der Waals surface area (Å²) in [7, 11) is 1.64. The average molecular weight is 359 g/mol. The lowest BCUT2D eigenvalue weighted by Gasteiger charge is -2.11. The number of methoxy groups -OCH3 is 1. The fourth-order valence-corrected chi connectivity index (χ4v) is 3.01. The standard InChI is InChI=1S/C22H18FN3O/c1-27-22-7-4-17(12-16-2-5-20(23)6-3-16)13-21(22)26-15-19(14-25-26)18-8-10-24-11-9-18/h2-11,13-15H,12H2,1H3. The Kier molecular flexibility index (Phi) is 4.66. The average Bonchev–Trinajstić information content (AvgIpc) is 3.20. The zero-order chi connectivity index (χ0) is 18.6. The zero-order valence-corrected chi connectivity index (χ0v) is 14.8. The number of halogens is 1. The van der Waals surface area contributed by atoms with Crippen LogP contribution in [0.15, 0.2) is 79.4 Å². The number of aromatic nitrogens is 3. The van der Waals surface area contributed by atoms with E-state index in [0.717, 1.165) is 33.7 Å². The van der Waals surface area contributed by atoms with Crippen LogP contribution in [0.5, 0.6) is 5.75 Å². The van der Waals surface area contributed by atoms with Crippen molar-refractivity contribution < 1.29 is 9.13 Å². The van der Waals surface area contributed by atoms with Crippen molar-refractivity contribution >= 4 is 0 Å². The van der Waals surface area contributed by atoms with Crippen molar-refractivity contribution in [2.24, 2.45) is 0 Å². The molecule has 2 heterocycles. The predicted molar refractivity (Wildman–Crippen MR) is 103 cm³/mol. The third-order valence-electron chi connectivity index (χ3n) is 4.41. The number of nitrogens with zero attached hydrogens (tertiary/aromatic N) is 3. The highest BCUT2D eigenvalue weighted by Gasteiger charge is 2.10. The molecule has 134 valence electrons. The van der Waals surface area contributed by atoms with E-state index in [1.807, 2.05) is 47.4 Å². The Balaban J connectivity index is 1.67. The highest BCUT2D eigenvalue weighted by molar-refractivity contribution is 5.62. The Morgan fingerprint density at radius 1 is 0.926 bits per heavy atom. The van der Waals surface area contributed by atoms with E-state index in [1.54, 1.807) is 31.6 Å². The second kappa shape index (κ2) is 7.41. The van der Waals surface area contributed by atoms with Gasteiger partial charge >= 0.3 is 0 Å². The third-order valence-corrected chi connectivity index (χ3v) is 4.41. The molecule has 0 unspecified atom stereocenters. The van der Waals surface area contributed by atoms with Crippen molar-refractivity contribution in [1.82, 2.24) is 14.8 Å². The van der Waals surface area contributed by atoms with Gasteiger partial charge in [-0.1, -0.05) is 18.2 Å². The van der Waals surface area contributed by atoms with Gasteiger partial charge in [0.15, 0.2) is 0 Å². The van der Waals surface area contributed by atoms with Gasteiger partial charge in [-0.15, -0.1) is 0 Å². The quantitative estimate of drug-likeness (QED) is 0.520. The van der Waals surface area contributed by atoms with Crippen molar-refractivity contribution in [3.63, 3.8) is 0 Å². The molecular formula is C22H18FN3O. The molecule has 0 bridgehead atoms. The highest BCUT2D eigenvalue weighted by atomic mass is 19.1. The molecule has 0 N–H and O–H groups in total. The molecule has 0 spiro atoms. The molecule has 4 rings (SSSR count). The Labute approximate surface area is 156 Å². The fraction of sp³-hybridized carbons (Fsp3) is 0.0909. The zero-order valence-electron chi connectivity index (χ0n) is 14.8. The van der Waals surface area contributed by atoms with Gasteiger partial charge in [0.2, 0.25) is 0 Å². The lowest BCUT2D eigenvalue weighted by atomic mass is 10.0. The summed E-state index contributed by atoms with van der Waals surface area (Å²) in [5, 5.41) is 4.50. The molecular weight excluding hydrogens is 341 g/mol. The smallest absolute Gasteiger partial charge is 0.144 e. The van der Waals surface area contributed by atoms with Crippen LogP contribution in [0, 0.1) is 5.82 Å². The molecule has 4 nitrogen and oxygen atoms in total. The Hall–Kier alpha value is -3.47. The molecule has 0 fully saturated rings. The van der Waals surface area contributed by atoms with Crippen molar-refractivity contribution in [2.45, 2.75) is 6.42 Å². The predicted octanol–water partition coefficient (Wildman–Crippen LogP) is 4.67. The van der Waals surface area contributed by atoms with Gasteiger partial charge < -0.3 is 4.74 Å². The first kappa shape index (κ1) is 17.0. The second-order valence-corrected chi connectivity index (χ2v) is 6.22. The minimum Gasteiger partial charge on any atom is -0.494 e. The largest absolute Gasteiger partial charge is 0.494 e. The number of ether oxygens (including phenoxy) is 1. The van der Waals surface area contributed by atoms with E-state index >= 15 is 0 Å². The van der Waals surface area contributed by atoms with E-state index < -0.39 is 0 Å². The Bertz CT molecular complexity index is 1040. The minimum absolute atomic E-state index is 0.227. The molecule has 4 aromatic rings. The molecule has 0 amide bonds. The molecule has 0 aliphatic rings. The van der Waals surface area contributed by atoms with Crippen LogP contribution in [0.2, 0.25) is 0 Å². The Morgan fingerprint density at radius 3 is 2.41 bits per heavy atom. The Morgan fingerprint density at radius 2 is 1.67 bits per heavy atom. The van der Waals surface area contributed by atoms with Gasteiger partial charge in [0.25, 0.3) is 0 Å². The van der Waals surface area contributed by atoms with Crippen LogP contribution in [0.4, 0.5) is 4.39 Å². The highest BCUT2D eigenvalue weighted by Crippen LogP contribution is 2.27. The normalized spacial score (nSPS) is 10.7. The number of pyridine rings is 1. The van der Waals surface area contributed by atoms with Gasteiger partial charge in [0, 0.05) is 24.2 Å². The molecule has 0 aliphatic heterocycles. The van der Waals surface area contributed by atoms with E-state index in [2.05, 4.69) is 10.1 Å². The third kappa shape index (κ3) is 3.72. The second-order valence-electron chi connectivity index (χ2n) is 6.22. The molecule has 2 aromatic carbocycles. The lowest BCUT2D eigenvalue weighted by molar-refractivity contribution is 0.411. The van der Waals surface area contributed by atoms with E-state index in [-0.39, 0.29) is 5.82 Å². The summed E-state index contributed by atoms with van der Waals surface area (Å²) in [6, 6.07) is 16.4. The van der Waals surface area contributed by atoms with Crippen LogP contribution < -0.4 is 4.74 Å². The monoisotopic (exact) mass is 359 g/mol. The van der Waals surface area contributed by atoms with Gasteiger partial charge in [-0.3, -0.25) is 4.98 Å². The number of hydrogen-bond donors (Lipinski definition) is 0. The van der Waals surface area contributed by atoms with Crippen LogP contribution in [-0.2, 0) is 6.42 Å². The fourth-order valence-electron chi connectivity index (χ4n) is 3.01. The molecule has 0 saturated carbocycles. The van der Waals surface area contributed by atoms with E-state index in [9.17, 15) is 4.39 Å². The number of benzene rings is 2. The van der Waals surface area contributed by atoms with Crippen molar-refractivity contribution in [3.8, 4) is 22.6 Å². The van der Waals surface area contributed by atoms with Crippen LogP contribution in [0.1, 0.15) is 11.1 Å². The van der Waals surface area contributed by atoms with E-state index in [0.29, 0.717) is 6.42 Å². The van der Waals surface area contributed by atoms with Gasteiger partial charge in [-0.25, -0.2) is 9.07 Å². The minimum atomic E-state index is -0.227. The molecule has 27 heavy (non-hydrogen) atoms. The maximum atomic E-state index is 13.1. The summed E-state index contributed by atoms with van der Waals surface area (Å²) in [4.78, 5) is 4.05. The van der Waals surface area contributed by atoms with Crippen LogP contribution in [0.3, 0.4) is 0 Å².